The molecule has 46 heavy (non-hydrogen) atoms. The maximum absolute atomic E-state index is 13.6. The van der Waals surface area contributed by atoms with Gasteiger partial charge in [0.25, 0.3) is 5.56 Å². The van der Waals surface area contributed by atoms with Crippen molar-refractivity contribution in [1.29, 1.82) is 0 Å². The summed E-state index contributed by atoms with van der Waals surface area (Å²) in [5, 5.41) is 13.8. The van der Waals surface area contributed by atoms with Crippen molar-refractivity contribution >= 4 is 20.0 Å². The van der Waals surface area contributed by atoms with Crippen LogP contribution in [0.1, 0.15) is 19.3 Å². The lowest BCUT2D eigenvalue weighted by Crippen LogP contribution is -2.47. The molecule has 250 valence electrons. The van der Waals surface area contributed by atoms with E-state index < -0.39 is 43.0 Å². The lowest BCUT2D eigenvalue weighted by atomic mass is 9.88. The number of rotatable bonds is 11. The molecule has 16 heteroatoms. The van der Waals surface area contributed by atoms with Crippen LogP contribution in [0.3, 0.4) is 0 Å². The lowest BCUT2D eigenvalue weighted by molar-refractivity contribution is -0.0312. The highest BCUT2D eigenvalue weighted by Crippen LogP contribution is 2.37. The molecule has 1 spiro atoms. The number of nitrogens with one attached hydrogen (secondary N) is 2. The van der Waals surface area contributed by atoms with E-state index in [-0.39, 0.29) is 47.6 Å². The number of sulfonamides is 2. The average molecular weight is 678 g/mol. The Morgan fingerprint density at radius 3 is 2.46 bits per heavy atom. The summed E-state index contributed by atoms with van der Waals surface area (Å²) < 4.78 is 68.9. The molecule has 3 aromatic rings. The van der Waals surface area contributed by atoms with Gasteiger partial charge in [-0.3, -0.25) is 9.36 Å². The standard InChI is InChI=1S/C30H39N5O9S2/c1-31-45(39,40)25-8-5-7-24(15-25)43-20-23(36)17-32-22-16-30(44-19-22)10-12-35(13-11-30)46(41,42)26-9-4-6-21(14-26)27-18-33(2)29(38)34(3)28(27)37/h4-9,14-15,18,22-23,31-32,36H,10-13,16-17,19-20H2,1-3H3/t22?,23-/m0/s1. The number of benzene rings is 2. The first-order chi connectivity index (χ1) is 21.7. The Morgan fingerprint density at radius 1 is 1.04 bits per heavy atom. The highest BCUT2D eigenvalue weighted by molar-refractivity contribution is 7.89. The van der Waals surface area contributed by atoms with Gasteiger partial charge >= 0.3 is 5.69 Å². The Morgan fingerprint density at radius 2 is 1.74 bits per heavy atom. The fraction of sp³-hybridized carbons (Fsp3) is 0.467. The molecular formula is C30H39N5O9S2. The number of hydrogen-bond donors (Lipinski definition) is 3. The van der Waals surface area contributed by atoms with Crippen LogP contribution in [0.2, 0.25) is 0 Å². The fourth-order valence-electron chi connectivity index (χ4n) is 5.84. The van der Waals surface area contributed by atoms with E-state index in [0.29, 0.717) is 37.2 Å². The summed E-state index contributed by atoms with van der Waals surface area (Å²) in [4.78, 5) is 25.0. The van der Waals surface area contributed by atoms with E-state index in [1.807, 2.05) is 0 Å². The lowest BCUT2D eigenvalue weighted by Gasteiger charge is -2.38. The molecule has 3 heterocycles. The SMILES string of the molecule is CNS(=O)(=O)c1cccc(OC[C@@H](O)CNC2COC3(CCN(S(=O)(=O)c4cccc(-c5cn(C)c(=O)n(C)c5=O)c4)CC3)C2)c1. The molecule has 3 N–H and O–H groups in total. The van der Waals surface area contributed by atoms with Gasteiger partial charge in [-0.25, -0.2) is 26.4 Å². The van der Waals surface area contributed by atoms with Crippen molar-refractivity contribution in [2.24, 2.45) is 14.1 Å². The maximum Gasteiger partial charge on any atom is 0.330 e. The minimum Gasteiger partial charge on any atom is -0.491 e. The second-order valence-corrected chi connectivity index (χ2v) is 15.5. The van der Waals surface area contributed by atoms with E-state index in [9.17, 15) is 31.5 Å². The van der Waals surface area contributed by atoms with Crippen LogP contribution in [0.15, 0.2) is 74.1 Å². The zero-order valence-electron chi connectivity index (χ0n) is 25.9. The van der Waals surface area contributed by atoms with Gasteiger partial charge in [-0.15, -0.1) is 0 Å². The predicted molar refractivity (Wildman–Crippen MR) is 170 cm³/mol. The largest absolute Gasteiger partial charge is 0.491 e. The van der Waals surface area contributed by atoms with E-state index in [1.165, 1.54) is 60.5 Å². The number of nitrogens with zero attached hydrogens (tertiary/aromatic N) is 3. The zero-order valence-corrected chi connectivity index (χ0v) is 27.5. The monoisotopic (exact) mass is 677 g/mol. The van der Waals surface area contributed by atoms with Crippen molar-refractivity contribution in [3.63, 3.8) is 0 Å². The molecule has 1 aromatic heterocycles. The molecule has 5 rings (SSSR count). The average Bonchev–Trinajstić information content (AvgIpc) is 3.45. The number of aryl methyl sites for hydroxylation is 1. The third kappa shape index (κ3) is 7.12. The summed E-state index contributed by atoms with van der Waals surface area (Å²) in [5.74, 6) is 0.322. The van der Waals surface area contributed by atoms with E-state index in [2.05, 4.69) is 10.0 Å². The first-order valence-electron chi connectivity index (χ1n) is 14.8. The van der Waals surface area contributed by atoms with Crippen molar-refractivity contribution in [3.05, 3.63) is 75.6 Å². The number of ether oxygens (including phenoxy) is 2. The molecule has 1 unspecified atom stereocenters. The molecule has 0 saturated carbocycles. The number of hydrogen-bond acceptors (Lipinski definition) is 10. The second kappa shape index (κ2) is 13.4. The summed E-state index contributed by atoms with van der Waals surface area (Å²) in [5.41, 5.74) is -0.830. The fourth-order valence-corrected chi connectivity index (χ4v) is 8.09. The summed E-state index contributed by atoms with van der Waals surface area (Å²) in [7, 11) is -3.24. The van der Waals surface area contributed by atoms with Crippen LogP contribution < -0.4 is 26.0 Å². The third-order valence-corrected chi connectivity index (χ3v) is 11.8. The second-order valence-electron chi connectivity index (χ2n) is 11.7. The summed E-state index contributed by atoms with van der Waals surface area (Å²) in [6.45, 7) is 1.13. The van der Waals surface area contributed by atoms with Gasteiger partial charge in [0.2, 0.25) is 20.0 Å². The van der Waals surface area contributed by atoms with Crippen LogP contribution in [0, 0.1) is 0 Å². The van der Waals surface area contributed by atoms with Gasteiger partial charge in [0.15, 0.2) is 0 Å². The van der Waals surface area contributed by atoms with Crippen LogP contribution in [0.5, 0.6) is 5.75 Å². The molecular weight excluding hydrogens is 638 g/mol. The Hall–Kier alpha value is -3.38. The molecule has 2 saturated heterocycles. The topological polar surface area (TPSA) is 178 Å². The van der Waals surface area contributed by atoms with Crippen LogP contribution >= 0.6 is 0 Å². The van der Waals surface area contributed by atoms with Gasteiger partial charge in [-0.2, -0.15) is 4.31 Å². The number of aliphatic hydroxyl groups excluding tert-OH is 1. The summed E-state index contributed by atoms with van der Waals surface area (Å²) in [6.07, 6.45) is 2.22. The van der Waals surface area contributed by atoms with Crippen LogP contribution in [-0.4, -0.2) is 93.0 Å². The first-order valence-corrected chi connectivity index (χ1v) is 17.8. The van der Waals surface area contributed by atoms with Gasteiger partial charge in [0, 0.05) is 52.0 Å². The number of aliphatic hydroxyl groups is 1. The highest BCUT2D eigenvalue weighted by Gasteiger charge is 2.44. The van der Waals surface area contributed by atoms with Gasteiger partial charge in [0.05, 0.1) is 27.6 Å². The van der Waals surface area contributed by atoms with Gasteiger partial charge in [-0.1, -0.05) is 18.2 Å². The van der Waals surface area contributed by atoms with Crippen molar-refractivity contribution < 1.29 is 31.4 Å². The van der Waals surface area contributed by atoms with Gasteiger partial charge in [-0.05, 0) is 56.1 Å². The van der Waals surface area contributed by atoms with Crippen LogP contribution in [0.25, 0.3) is 11.1 Å². The molecule has 2 aliphatic rings. The number of aromatic nitrogens is 2. The zero-order chi connectivity index (χ0) is 33.3. The Balaban J connectivity index is 1.14. The maximum atomic E-state index is 13.6. The summed E-state index contributed by atoms with van der Waals surface area (Å²) in [6, 6.07) is 12.2. The van der Waals surface area contributed by atoms with Crippen molar-refractivity contribution in [2.45, 2.75) is 46.8 Å². The smallest absolute Gasteiger partial charge is 0.330 e. The van der Waals surface area contributed by atoms with E-state index in [0.717, 1.165) is 4.57 Å². The molecule has 2 aliphatic heterocycles. The number of piperidine rings is 1. The predicted octanol–water partition coefficient (Wildman–Crippen LogP) is 0.000800. The third-order valence-electron chi connectivity index (χ3n) is 8.54. The van der Waals surface area contributed by atoms with Crippen LogP contribution in [0.4, 0.5) is 0 Å². The van der Waals surface area contributed by atoms with Gasteiger partial charge in [0.1, 0.15) is 18.5 Å². The molecule has 0 aliphatic carbocycles. The molecule has 2 aromatic carbocycles. The van der Waals surface area contributed by atoms with Gasteiger partial charge < -0.3 is 24.5 Å². The van der Waals surface area contributed by atoms with Crippen molar-refractivity contribution in [3.8, 4) is 16.9 Å². The Bertz CT molecular complexity index is 1920. The Kier molecular flexibility index (Phi) is 9.89. The highest BCUT2D eigenvalue weighted by atomic mass is 32.2. The van der Waals surface area contributed by atoms with Crippen molar-refractivity contribution in [2.75, 3.05) is 39.9 Å². The van der Waals surface area contributed by atoms with E-state index >= 15 is 0 Å². The molecule has 0 amide bonds. The minimum atomic E-state index is -3.86. The van der Waals surface area contributed by atoms with E-state index in [1.54, 1.807) is 24.3 Å². The molecule has 2 atom stereocenters. The normalized spacial score (nSPS) is 19.3. The molecule has 2 fully saturated rings. The first kappa shape index (κ1) is 34.0. The quantitative estimate of drug-likeness (QED) is 0.250. The Labute approximate surface area is 267 Å². The van der Waals surface area contributed by atoms with Crippen molar-refractivity contribution in [1.82, 2.24) is 23.5 Å². The van der Waals surface area contributed by atoms with Crippen LogP contribution in [-0.2, 0) is 38.9 Å². The molecule has 14 nitrogen and oxygen atoms in total. The minimum absolute atomic E-state index is 0.0389. The molecule has 0 radical (unpaired) electrons. The molecule has 0 bridgehead atoms. The summed E-state index contributed by atoms with van der Waals surface area (Å²) >= 11 is 0. The van der Waals surface area contributed by atoms with E-state index in [4.69, 9.17) is 9.47 Å².